The number of pyridine rings is 1. The van der Waals surface area contributed by atoms with Crippen molar-refractivity contribution in [3.05, 3.63) is 35.7 Å². The van der Waals surface area contributed by atoms with E-state index in [1.165, 1.54) is 6.07 Å². The number of nitrogens with zero attached hydrogens (tertiary/aromatic N) is 4. The fourth-order valence-corrected chi connectivity index (χ4v) is 1.61. The lowest BCUT2D eigenvalue weighted by molar-refractivity contribution is -0.137. The first-order valence-electron chi connectivity index (χ1n) is 5.26. The van der Waals surface area contributed by atoms with Crippen LogP contribution >= 0.6 is 0 Å². The lowest BCUT2D eigenvalue weighted by Crippen LogP contribution is -2.08. The first-order valence-corrected chi connectivity index (χ1v) is 5.26. The zero-order valence-corrected chi connectivity index (χ0v) is 9.94. The van der Waals surface area contributed by atoms with Gasteiger partial charge < -0.3 is 0 Å². The largest absolute Gasteiger partial charge is 0.417 e. The van der Waals surface area contributed by atoms with Crippen molar-refractivity contribution in [3.8, 4) is 11.3 Å². The number of hydrogen-bond acceptors (Lipinski definition) is 4. The lowest BCUT2D eigenvalue weighted by atomic mass is 10.1. The maximum Gasteiger partial charge on any atom is 0.417 e. The third-order valence-electron chi connectivity index (χ3n) is 2.51. The van der Waals surface area contributed by atoms with Crippen molar-refractivity contribution in [2.75, 3.05) is 0 Å². The van der Waals surface area contributed by atoms with E-state index in [2.05, 4.69) is 26.9 Å². The quantitative estimate of drug-likeness (QED) is 0.784. The highest BCUT2D eigenvalue weighted by Gasteiger charge is 2.34. The van der Waals surface area contributed by atoms with Gasteiger partial charge in [-0.1, -0.05) is 0 Å². The number of halogens is 3. The van der Waals surface area contributed by atoms with Gasteiger partial charge in [0.05, 0.1) is 11.3 Å². The van der Waals surface area contributed by atoms with Crippen LogP contribution in [0.2, 0.25) is 0 Å². The highest BCUT2D eigenvalue weighted by molar-refractivity contribution is 5.65. The van der Waals surface area contributed by atoms with Crippen LogP contribution in [0.4, 0.5) is 19.0 Å². The van der Waals surface area contributed by atoms with E-state index < -0.39 is 11.7 Å². The summed E-state index contributed by atoms with van der Waals surface area (Å²) >= 11 is 0. The fourth-order valence-electron chi connectivity index (χ4n) is 1.61. The molecule has 0 saturated carbocycles. The number of aryl methyl sites for hydroxylation is 1. The summed E-state index contributed by atoms with van der Waals surface area (Å²) in [5.41, 5.74) is -0.209. The Morgan fingerprint density at radius 3 is 2.58 bits per heavy atom. The molecule has 0 N–H and O–H groups in total. The van der Waals surface area contributed by atoms with Crippen molar-refractivity contribution in [3.63, 3.8) is 0 Å². The molecule has 0 atom stereocenters. The van der Waals surface area contributed by atoms with Gasteiger partial charge in [0, 0.05) is 18.0 Å². The van der Waals surface area contributed by atoms with Gasteiger partial charge in [-0.3, -0.25) is 4.98 Å². The smallest absolute Gasteiger partial charge is 0.264 e. The minimum absolute atomic E-state index is 0.102. The van der Waals surface area contributed by atoms with Gasteiger partial charge in [0.15, 0.2) is 5.82 Å². The maximum atomic E-state index is 12.9. The van der Waals surface area contributed by atoms with Crippen LogP contribution in [0.15, 0.2) is 29.5 Å². The van der Waals surface area contributed by atoms with E-state index in [1.54, 1.807) is 6.92 Å². The van der Waals surface area contributed by atoms with Crippen LogP contribution in [0.5, 0.6) is 0 Å². The Labute approximate surface area is 107 Å². The summed E-state index contributed by atoms with van der Waals surface area (Å²) in [5, 5.41) is 7.45. The molecule has 0 aliphatic carbocycles. The summed E-state index contributed by atoms with van der Waals surface area (Å²) in [6.45, 7) is 4.98. The molecule has 0 saturated heterocycles. The van der Waals surface area contributed by atoms with Gasteiger partial charge >= 0.3 is 6.18 Å². The van der Waals surface area contributed by atoms with E-state index in [4.69, 9.17) is 0 Å². The number of aliphatic imine (C=N–C) groups is 1. The molecular formula is C12H9F3N4. The van der Waals surface area contributed by atoms with E-state index in [9.17, 15) is 13.2 Å². The Morgan fingerprint density at radius 2 is 2.00 bits per heavy atom. The van der Waals surface area contributed by atoms with Gasteiger partial charge in [0.2, 0.25) is 0 Å². The van der Waals surface area contributed by atoms with Crippen LogP contribution in [-0.2, 0) is 6.18 Å². The molecule has 98 valence electrons. The molecule has 2 aromatic heterocycles. The van der Waals surface area contributed by atoms with Crippen LogP contribution in [0.3, 0.4) is 0 Å². The van der Waals surface area contributed by atoms with Crippen LogP contribution in [0.25, 0.3) is 11.3 Å². The minimum atomic E-state index is -4.47. The van der Waals surface area contributed by atoms with Gasteiger partial charge in [-0.25, -0.2) is 4.99 Å². The lowest BCUT2D eigenvalue weighted by Gasteiger charge is -2.11. The molecule has 0 unspecified atom stereocenters. The average Bonchev–Trinajstić information content (AvgIpc) is 2.37. The van der Waals surface area contributed by atoms with Crippen molar-refractivity contribution in [1.29, 1.82) is 0 Å². The summed E-state index contributed by atoms with van der Waals surface area (Å²) in [4.78, 5) is 7.32. The molecule has 0 aromatic carbocycles. The van der Waals surface area contributed by atoms with Crippen LogP contribution in [0, 0.1) is 6.92 Å². The average molecular weight is 266 g/mol. The summed E-state index contributed by atoms with van der Waals surface area (Å²) in [5.74, 6) is 0.293. The van der Waals surface area contributed by atoms with E-state index in [0.717, 1.165) is 18.5 Å². The van der Waals surface area contributed by atoms with E-state index in [-0.39, 0.29) is 11.3 Å². The summed E-state index contributed by atoms with van der Waals surface area (Å²) < 4.78 is 38.6. The Hall–Kier alpha value is -2.31. The molecule has 4 nitrogen and oxygen atoms in total. The molecule has 7 heteroatoms. The monoisotopic (exact) mass is 266 g/mol. The molecule has 19 heavy (non-hydrogen) atoms. The fraction of sp³-hybridized carbons (Fsp3) is 0.167. The molecule has 0 spiro atoms. The van der Waals surface area contributed by atoms with E-state index in [0.29, 0.717) is 11.4 Å². The third-order valence-corrected chi connectivity index (χ3v) is 2.51. The highest BCUT2D eigenvalue weighted by Crippen LogP contribution is 2.36. The van der Waals surface area contributed by atoms with Gasteiger partial charge in [0.1, 0.15) is 0 Å². The Balaban J connectivity index is 2.60. The third kappa shape index (κ3) is 2.59. The number of aromatic nitrogens is 3. The minimum Gasteiger partial charge on any atom is -0.264 e. The van der Waals surface area contributed by atoms with Crippen molar-refractivity contribution >= 4 is 12.5 Å². The Bertz CT molecular complexity index is 623. The molecule has 0 aliphatic rings. The summed E-state index contributed by atoms with van der Waals surface area (Å²) in [6, 6.07) is 2.38. The molecule has 2 rings (SSSR count). The molecule has 0 fully saturated rings. The topological polar surface area (TPSA) is 51.0 Å². The molecule has 0 radical (unpaired) electrons. The van der Waals surface area contributed by atoms with Gasteiger partial charge in [0.25, 0.3) is 0 Å². The predicted molar refractivity (Wildman–Crippen MR) is 64.2 cm³/mol. The zero-order chi connectivity index (χ0) is 14.0. The van der Waals surface area contributed by atoms with E-state index >= 15 is 0 Å². The van der Waals surface area contributed by atoms with Gasteiger partial charge in [-0.2, -0.15) is 13.2 Å². The van der Waals surface area contributed by atoms with Gasteiger partial charge in [-0.05, 0) is 31.3 Å². The second-order valence-electron chi connectivity index (χ2n) is 3.81. The zero-order valence-electron chi connectivity index (χ0n) is 9.94. The van der Waals surface area contributed by atoms with Gasteiger partial charge in [-0.15, -0.1) is 10.2 Å². The van der Waals surface area contributed by atoms with Crippen molar-refractivity contribution in [1.82, 2.24) is 15.2 Å². The predicted octanol–water partition coefficient (Wildman–Crippen LogP) is 3.20. The molecule has 2 aromatic rings. The molecule has 0 bridgehead atoms. The standard InChI is InChI=1S/C12H9F3N4/c1-7-5-10(18-19-11(7)16-2)8-6-17-4-3-9(8)12(13,14)15/h3-6H,2H2,1H3. The number of rotatable bonds is 2. The van der Waals surface area contributed by atoms with Crippen molar-refractivity contribution < 1.29 is 13.2 Å². The van der Waals surface area contributed by atoms with E-state index in [1.807, 2.05) is 0 Å². The van der Waals surface area contributed by atoms with Crippen molar-refractivity contribution in [2.45, 2.75) is 13.1 Å². The number of alkyl halides is 3. The highest BCUT2D eigenvalue weighted by atomic mass is 19.4. The summed E-state index contributed by atoms with van der Waals surface area (Å²) in [6.07, 6.45) is -2.26. The Kier molecular flexibility index (Phi) is 3.28. The van der Waals surface area contributed by atoms with Crippen LogP contribution in [0.1, 0.15) is 11.1 Å². The molecule has 0 amide bonds. The normalized spacial score (nSPS) is 11.4. The second kappa shape index (κ2) is 4.75. The second-order valence-corrected chi connectivity index (χ2v) is 3.81. The Morgan fingerprint density at radius 1 is 1.26 bits per heavy atom. The van der Waals surface area contributed by atoms with Crippen molar-refractivity contribution in [2.24, 2.45) is 4.99 Å². The SMILES string of the molecule is C=Nc1nnc(-c2cnccc2C(F)(F)F)cc1C. The van der Waals surface area contributed by atoms with Crippen LogP contribution in [-0.4, -0.2) is 21.9 Å². The first-order chi connectivity index (χ1) is 8.93. The van der Waals surface area contributed by atoms with Crippen LogP contribution < -0.4 is 0 Å². The number of hydrogen-bond donors (Lipinski definition) is 0. The molecule has 0 aliphatic heterocycles. The first kappa shape index (κ1) is 13.1. The molecule has 2 heterocycles. The summed E-state index contributed by atoms with van der Waals surface area (Å²) in [7, 11) is 0. The molecular weight excluding hydrogens is 257 g/mol. The maximum absolute atomic E-state index is 12.9.